The first-order chi connectivity index (χ1) is 13.8. The topological polar surface area (TPSA) is 130 Å². The molecule has 8 nitrogen and oxygen atoms in total. The molecule has 0 aliphatic heterocycles. The van der Waals surface area contributed by atoms with Crippen molar-refractivity contribution >= 4 is 33.2 Å². The van der Waals surface area contributed by atoms with E-state index in [0.717, 1.165) is 19.1 Å². The van der Waals surface area contributed by atoms with Gasteiger partial charge >= 0.3 is 0 Å². The second kappa shape index (κ2) is 8.32. The van der Waals surface area contributed by atoms with Gasteiger partial charge in [-0.1, -0.05) is 6.07 Å². The minimum atomic E-state index is -3.45. The second-order valence-corrected chi connectivity index (χ2v) is 8.70. The van der Waals surface area contributed by atoms with Gasteiger partial charge in [-0.05, 0) is 37.0 Å². The molecule has 3 rings (SSSR count). The number of aliphatic imine (C=N–C) groups is 1. The Bertz CT molecular complexity index is 1190. The number of nitriles is 1. The Balaban J connectivity index is 1.86. The van der Waals surface area contributed by atoms with E-state index in [0.29, 0.717) is 29.3 Å². The van der Waals surface area contributed by atoms with Gasteiger partial charge in [0.05, 0.1) is 23.6 Å². The molecule has 0 spiro atoms. The van der Waals surface area contributed by atoms with E-state index < -0.39 is 10.0 Å². The Morgan fingerprint density at radius 3 is 2.76 bits per heavy atom. The fourth-order valence-corrected chi connectivity index (χ4v) is 3.38. The molecule has 0 bridgehead atoms. The van der Waals surface area contributed by atoms with Crippen LogP contribution in [0.25, 0.3) is 5.57 Å². The number of hydrogen-bond acceptors (Lipinski definition) is 6. The van der Waals surface area contributed by atoms with E-state index in [-0.39, 0.29) is 16.8 Å². The fourth-order valence-electron chi connectivity index (χ4n) is 2.83. The third-order valence-corrected chi connectivity index (χ3v) is 5.01. The molecule has 0 atom stereocenters. The third-order valence-electron chi connectivity index (χ3n) is 4.41. The van der Waals surface area contributed by atoms with Gasteiger partial charge in [0.2, 0.25) is 10.0 Å². The number of nitrogens with zero attached hydrogens (tertiary/aromatic N) is 3. The van der Waals surface area contributed by atoms with Crippen molar-refractivity contribution in [1.82, 2.24) is 4.57 Å². The summed E-state index contributed by atoms with van der Waals surface area (Å²) in [5, 5.41) is 9.45. The number of allylic oxidation sites excluding steroid dienone is 1. The van der Waals surface area contributed by atoms with Crippen LogP contribution in [0.2, 0.25) is 0 Å². The van der Waals surface area contributed by atoms with Gasteiger partial charge < -0.3 is 10.3 Å². The highest BCUT2D eigenvalue weighted by molar-refractivity contribution is 7.92. The third kappa shape index (κ3) is 5.56. The van der Waals surface area contributed by atoms with Crippen molar-refractivity contribution in [2.24, 2.45) is 16.6 Å². The van der Waals surface area contributed by atoms with Crippen LogP contribution in [0.1, 0.15) is 24.0 Å². The summed E-state index contributed by atoms with van der Waals surface area (Å²) >= 11 is 0. The highest BCUT2D eigenvalue weighted by atomic mass is 32.2. The highest BCUT2D eigenvalue weighted by Crippen LogP contribution is 2.30. The van der Waals surface area contributed by atoms with Crippen molar-refractivity contribution in [3.8, 4) is 6.07 Å². The van der Waals surface area contributed by atoms with Gasteiger partial charge in [0.25, 0.3) is 5.56 Å². The molecule has 1 aliphatic rings. The SMILES string of the molecule is CS(=O)(=O)Nc1ccc(C(C=Nc2ccc(=O)n(CC3CC3)c2)=CN)c(C#N)c1. The standard InChI is InChI=1S/C20H21N5O3S/c1-29(27,28)24-17-4-6-19(15(8-17)9-21)16(10-22)11-23-18-5-7-20(26)25(13-18)12-14-2-3-14/h4-8,10-11,13-14,24H,2-3,12,22H2,1H3. The summed E-state index contributed by atoms with van der Waals surface area (Å²) in [6.45, 7) is 0.690. The average molecular weight is 411 g/mol. The maximum Gasteiger partial charge on any atom is 0.250 e. The normalized spacial score (nSPS) is 14.7. The van der Waals surface area contributed by atoms with Gasteiger partial charge in [-0.25, -0.2) is 8.42 Å². The summed E-state index contributed by atoms with van der Waals surface area (Å²) in [5.41, 5.74) is 7.81. The Morgan fingerprint density at radius 1 is 1.38 bits per heavy atom. The Labute approximate surface area is 169 Å². The molecule has 1 aromatic carbocycles. The van der Waals surface area contributed by atoms with Crippen LogP contribution in [-0.4, -0.2) is 25.5 Å². The van der Waals surface area contributed by atoms with Gasteiger partial charge in [-0.3, -0.25) is 14.5 Å². The molecule has 3 N–H and O–H groups in total. The molecule has 9 heteroatoms. The van der Waals surface area contributed by atoms with E-state index in [9.17, 15) is 18.5 Å². The molecule has 0 radical (unpaired) electrons. The Morgan fingerprint density at radius 2 is 2.14 bits per heavy atom. The van der Waals surface area contributed by atoms with Crippen LogP contribution >= 0.6 is 0 Å². The maximum atomic E-state index is 12.0. The van der Waals surface area contributed by atoms with E-state index >= 15 is 0 Å². The molecule has 1 aromatic heterocycles. The van der Waals surface area contributed by atoms with Crippen molar-refractivity contribution < 1.29 is 8.42 Å². The highest BCUT2D eigenvalue weighted by Gasteiger charge is 2.22. The summed E-state index contributed by atoms with van der Waals surface area (Å²) in [4.78, 5) is 16.3. The predicted octanol–water partition coefficient (Wildman–Crippen LogP) is 2.20. The number of rotatable bonds is 7. The molecule has 150 valence electrons. The van der Waals surface area contributed by atoms with Crippen LogP contribution in [0.4, 0.5) is 11.4 Å². The van der Waals surface area contributed by atoms with Crippen LogP contribution in [0.5, 0.6) is 0 Å². The largest absolute Gasteiger partial charge is 0.404 e. The first-order valence-electron chi connectivity index (χ1n) is 8.98. The second-order valence-electron chi connectivity index (χ2n) is 6.95. The van der Waals surface area contributed by atoms with Crippen molar-refractivity contribution in [3.05, 3.63) is 64.2 Å². The van der Waals surface area contributed by atoms with Crippen molar-refractivity contribution in [1.29, 1.82) is 5.26 Å². The fraction of sp³-hybridized carbons (Fsp3) is 0.250. The molecule has 1 saturated carbocycles. The lowest BCUT2D eigenvalue weighted by molar-refractivity contribution is 0.607. The number of anilines is 1. The van der Waals surface area contributed by atoms with Gasteiger partial charge in [-0.15, -0.1) is 0 Å². The molecule has 0 saturated heterocycles. The minimum Gasteiger partial charge on any atom is -0.404 e. The molecule has 1 fully saturated rings. The van der Waals surface area contributed by atoms with Gasteiger partial charge in [0, 0.05) is 48.0 Å². The van der Waals surface area contributed by atoms with E-state index in [2.05, 4.69) is 9.71 Å². The van der Waals surface area contributed by atoms with Crippen molar-refractivity contribution in [3.63, 3.8) is 0 Å². The van der Waals surface area contributed by atoms with Gasteiger partial charge in [0.15, 0.2) is 0 Å². The van der Waals surface area contributed by atoms with Crippen LogP contribution in [0, 0.1) is 17.2 Å². The molecule has 1 aliphatic carbocycles. The number of aromatic nitrogens is 1. The van der Waals surface area contributed by atoms with Crippen LogP contribution in [0.15, 0.2) is 52.5 Å². The van der Waals surface area contributed by atoms with Gasteiger partial charge in [0.1, 0.15) is 0 Å². The molecule has 29 heavy (non-hydrogen) atoms. The molecule has 0 amide bonds. The first-order valence-corrected chi connectivity index (χ1v) is 10.9. The maximum absolute atomic E-state index is 12.0. The lowest BCUT2D eigenvalue weighted by Gasteiger charge is -2.09. The first kappa shape index (κ1) is 20.4. The van der Waals surface area contributed by atoms with Crippen LogP contribution < -0.4 is 16.0 Å². The monoisotopic (exact) mass is 411 g/mol. The smallest absolute Gasteiger partial charge is 0.250 e. The number of pyridine rings is 1. The number of nitrogens with one attached hydrogen (secondary N) is 1. The van der Waals surface area contributed by atoms with Crippen LogP contribution in [-0.2, 0) is 16.6 Å². The summed E-state index contributed by atoms with van der Waals surface area (Å²) in [7, 11) is -3.45. The number of nitrogens with two attached hydrogens (primary N) is 1. The van der Waals surface area contributed by atoms with Crippen molar-refractivity contribution in [2.75, 3.05) is 11.0 Å². The Kier molecular flexibility index (Phi) is 5.84. The van der Waals surface area contributed by atoms with E-state index in [1.54, 1.807) is 29.0 Å². The summed E-state index contributed by atoms with van der Waals surface area (Å²) in [6.07, 6.45) is 7.86. The summed E-state index contributed by atoms with van der Waals surface area (Å²) in [6, 6.07) is 9.73. The number of benzene rings is 1. The average Bonchev–Trinajstić information content (AvgIpc) is 3.48. The number of sulfonamides is 1. The van der Waals surface area contributed by atoms with E-state index in [1.165, 1.54) is 24.5 Å². The zero-order chi connectivity index (χ0) is 21.0. The van der Waals surface area contributed by atoms with E-state index in [4.69, 9.17) is 5.73 Å². The quantitative estimate of drug-likeness (QED) is 0.675. The zero-order valence-corrected chi connectivity index (χ0v) is 16.7. The molecular formula is C20H21N5O3S. The minimum absolute atomic E-state index is 0.0637. The molecule has 0 unspecified atom stereocenters. The van der Waals surface area contributed by atoms with Crippen LogP contribution in [0.3, 0.4) is 0 Å². The lowest BCUT2D eigenvalue weighted by atomic mass is 10.0. The zero-order valence-electron chi connectivity index (χ0n) is 15.9. The predicted molar refractivity (Wildman–Crippen MR) is 113 cm³/mol. The summed E-state index contributed by atoms with van der Waals surface area (Å²) < 4.78 is 26.8. The van der Waals surface area contributed by atoms with Gasteiger partial charge in [-0.2, -0.15) is 5.26 Å². The Hall–Kier alpha value is -3.38. The van der Waals surface area contributed by atoms with Crippen molar-refractivity contribution in [2.45, 2.75) is 19.4 Å². The molecular weight excluding hydrogens is 390 g/mol. The van der Waals surface area contributed by atoms with E-state index in [1.807, 2.05) is 6.07 Å². The summed E-state index contributed by atoms with van der Waals surface area (Å²) in [5.74, 6) is 0.559. The lowest BCUT2D eigenvalue weighted by Crippen LogP contribution is -2.18. The molecule has 1 heterocycles. The number of hydrogen-bond donors (Lipinski definition) is 2. The molecule has 2 aromatic rings.